The number of carbonyl (C=O) groups is 2. The van der Waals surface area contributed by atoms with Crippen LogP contribution in [-0.2, 0) is 19.1 Å². The highest BCUT2D eigenvalue weighted by Gasteiger charge is 2.42. The SMILES string of the molecule is C=CCOC(=O)C1=C(C)N=C(C)C(C(=O)OCC)C1c1ccc2ccccc2c1. The zero-order chi connectivity index (χ0) is 21.0. The fourth-order valence-electron chi connectivity index (χ4n) is 3.81. The molecule has 0 fully saturated rings. The van der Waals surface area contributed by atoms with E-state index in [0.29, 0.717) is 17.0 Å². The number of esters is 2. The highest BCUT2D eigenvalue weighted by atomic mass is 16.5. The molecule has 2 aromatic carbocycles. The topological polar surface area (TPSA) is 65.0 Å². The van der Waals surface area contributed by atoms with Crippen molar-refractivity contribution < 1.29 is 19.1 Å². The maximum atomic E-state index is 12.9. The Labute approximate surface area is 170 Å². The van der Waals surface area contributed by atoms with Gasteiger partial charge in [-0.2, -0.15) is 0 Å². The summed E-state index contributed by atoms with van der Waals surface area (Å²) in [7, 11) is 0. The van der Waals surface area contributed by atoms with Gasteiger partial charge in [-0.3, -0.25) is 9.79 Å². The second-order valence-electron chi connectivity index (χ2n) is 6.95. The van der Waals surface area contributed by atoms with E-state index in [1.807, 2.05) is 42.5 Å². The summed E-state index contributed by atoms with van der Waals surface area (Å²) in [5.74, 6) is -2.11. The predicted octanol–water partition coefficient (Wildman–Crippen LogP) is 4.58. The van der Waals surface area contributed by atoms with Crippen LogP contribution in [0.2, 0.25) is 0 Å². The van der Waals surface area contributed by atoms with Crippen LogP contribution in [-0.4, -0.2) is 30.9 Å². The average molecular weight is 391 g/mol. The number of aliphatic imine (C=N–C) groups is 1. The molecule has 0 bridgehead atoms. The van der Waals surface area contributed by atoms with Crippen LogP contribution in [0.4, 0.5) is 0 Å². The van der Waals surface area contributed by atoms with Crippen molar-refractivity contribution in [2.45, 2.75) is 26.7 Å². The van der Waals surface area contributed by atoms with Crippen molar-refractivity contribution in [2.24, 2.45) is 10.9 Å². The second-order valence-corrected chi connectivity index (χ2v) is 6.95. The summed E-state index contributed by atoms with van der Waals surface area (Å²) < 4.78 is 10.7. The molecule has 2 aromatic rings. The van der Waals surface area contributed by atoms with E-state index in [1.54, 1.807) is 20.8 Å². The van der Waals surface area contributed by atoms with Crippen molar-refractivity contribution >= 4 is 28.4 Å². The van der Waals surface area contributed by atoms with Crippen molar-refractivity contribution in [3.63, 3.8) is 0 Å². The van der Waals surface area contributed by atoms with Gasteiger partial charge < -0.3 is 9.47 Å². The second kappa shape index (κ2) is 8.86. The number of ether oxygens (including phenoxy) is 2. The van der Waals surface area contributed by atoms with Crippen LogP contribution in [0.25, 0.3) is 10.8 Å². The van der Waals surface area contributed by atoms with E-state index in [9.17, 15) is 9.59 Å². The van der Waals surface area contributed by atoms with Gasteiger partial charge in [0.2, 0.25) is 0 Å². The molecule has 2 unspecified atom stereocenters. The lowest BCUT2D eigenvalue weighted by molar-refractivity contribution is -0.146. The lowest BCUT2D eigenvalue weighted by Crippen LogP contribution is -2.36. The van der Waals surface area contributed by atoms with E-state index >= 15 is 0 Å². The first-order valence-electron chi connectivity index (χ1n) is 9.67. The number of fused-ring (bicyclic) bond motifs is 1. The van der Waals surface area contributed by atoms with Crippen LogP contribution >= 0.6 is 0 Å². The van der Waals surface area contributed by atoms with Crippen molar-refractivity contribution in [3.8, 4) is 0 Å². The van der Waals surface area contributed by atoms with Crippen LogP contribution in [0.15, 0.2) is 71.4 Å². The van der Waals surface area contributed by atoms with Crippen molar-refractivity contribution in [3.05, 3.63) is 72.0 Å². The first kappa shape index (κ1) is 20.5. The summed E-state index contributed by atoms with van der Waals surface area (Å²) in [6, 6.07) is 13.9. The molecule has 150 valence electrons. The van der Waals surface area contributed by atoms with Crippen LogP contribution in [0.3, 0.4) is 0 Å². The summed E-state index contributed by atoms with van der Waals surface area (Å²) in [4.78, 5) is 30.2. The monoisotopic (exact) mass is 391 g/mol. The zero-order valence-electron chi connectivity index (χ0n) is 17.0. The lowest BCUT2D eigenvalue weighted by atomic mass is 9.75. The molecular formula is C24H25NO4. The van der Waals surface area contributed by atoms with E-state index < -0.39 is 23.8 Å². The molecule has 5 heteroatoms. The standard InChI is InChI=1S/C24H25NO4/c1-5-13-29-24(27)21-16(4)25-15(3)20(23(26)28-6-2)22(21)19-12-11-17-9-7-8-10-18(17)14-19/h5,7-12,14,20,22H,1,6,13H2,2-4H3. The molecule has 3 rings (SSSR count). The maximum absolute atomic E-state index is 12.9. The van der Waals surface area contributed by atoms with E-state index in [4.69, 9.17) is 9.47 Å². The maximum Gasteiger partial charge on any atom is 0.336 e. The lowest BCUT2D eigenvalue weighted by Gasteiger charge is -2.31. The average Bonchev–Trinajstić information content (AvgIpc) is 2.71. The Bertz CT molecular complexity index is 1020. The molecule has 29 heavy (non-hydrogen) atoms. The van der Waals surface area contributed by atoms with Gasteiger partial charge in [-0.1, -0.05) is 55.1 Å². The van der Waals surface area contributed by atoms with Gasteiger partial charge in [0, 0.05) is 17.3 Å². The predicted molar refractivity (Wildman–Crippen MR) is 114 cm³/mol. The van der Waals surface area contributed by atoms with Gasteiger partial charge in [-0.05, 0) is 37.1 Å². The van der Waals surface area contributed by atoms with E-state index in [1.165, 1.54) is 6.08 Å². The Morgan fingerprint density at radius 3 is 2.52 bits per heavy atom. The Morgan fingerprint density at radius 2 is 1.83 bits per heavy atom. The third-order valence-corrected chi connectivity index (χ3v) is 5.05. The van der Waals surface area contributed by atoms with Gasteiger partial charge in [0.25, 0.3) is 0 Å². The molecule has 0 saturated heterocycles. The van der Waals surface area contributed by atoms with Crippen molar-refractivity contribution in [1.82, 2.24) is 0 Å². The van der Waals surface area contributed by atoms with Gasteiger partial charge >= 0.3 is 11.9 Å². The van der Waals surface area contributed by atoms with E-state index in [2.05, 4.69) is 11.6 Å². The largest absolute Gasteiger partial charge is 0.465 e. The Morgan fingerprint density at radius 1 is 1.10 bits per heavy atom. The minimum absolute atomic E-state index is 0.0901. The van der Waals surface area contributed by atoms with Crippen LogP contribution < -0.4 is 0 Å². The summed E-state index contributed by atoms with van der Waals surface area (Å²) in [6.45, 7) is 9.27. The minimum Gasteiger partial charge on any atom is -0.465 e. The van der Waals surface area contributed by atoms with Gasteiger partial charge in [0.05, 0.1) is 12.2 Å². The molecule has 5 nitrogen and oxygen atoms in total. The number of allylic oxidation sites excluding steroid dienone is 1. The van der Waals surface area contributed by atoms with E-state index in [-0.39, 0.29) is 13.2 Å². The minimum atomic E-state index is -0.689. The highest BCUT2D eigenvalue weighted by molar-refractivity contribution is 6.07. The number of hydrogen-bond donors (Lipinski definition) is 0. The summed E-state index contributed by atoms with van der Waals surface area (Å²) in [6.07, 6.45) is 1.51. The van der Waals surface area contributed by atoms with Gasteiger partial charge in [0.1, 0.15) is 12.5 Å². The normalized spacial score (nSPS) is 18.9. The summed E-state index contributed by atoms with van der Waals surface area (Å²) >= 11 is 0. The molecule has 0 aromatic heterocycles. The van der Waals surface area contributed by atoms with Crippen LogP contribution in [0.5, 0.6) is 0 Å². The van der Waals surface area contributed by atoms with Gasteiger partial charge in [0.15, 0.2) is 0 Å². The molecule has 1 aliphatic heterocycles. The van der Waals surface area contributed by atoms with Crippen molar-refractivity contribution in [2.75, 3.05) is 13.2 Å². The number of nitrogens with zero attached hydrogens (tertiary/aromatic N) is 1. The molecule has 1 heterocycles. The van der Waals surface area contributed by atoms with Crippen LogP contribution in [0, 0.1) is 5.92 Å². The molecule has 0 N–H and O–H groups in total. The molecule has 0 spiro atoms. The third kappa shape index (κ3) is 4.14. The molecular weight excluding hydrogens is 366 g/mol. The molecule has 0 radical (unpaired) electrons. The van der Waals surface area contributed by atoms with Crippen LogP contribution in [0.1, 0.15) is 32.3 Å². The Kier molecular flexibility index (Phi) is 6.27. The number of benzene rings is 2. The first-order valence-corrected chi connectivity index (χ1v) is 9.67. The molecule has 0 saturated carbocycles. The number of carbonyl (C=O) groups excluding carboxylic acids is 2. The smallest absolute Gasteiger partial charge is 0.336 e. The quantitative estimate of drug-likeness (QED) is 0.534. The summed E-state index contributed by atoms with van der Waals surface area (Å²) in [5, 5.41) is 2.12. The Balaban J connectivity index is 2.17. The highest BCUT2D eigenvalue weighted by Crippen LogP contribution is 2.40. The zero-order valence-corrected chi connectivity index (χ0v) is 17.0. The molecule has 1 aliphatic rings. The molecule has 0 amide bonds. The molecule has 2 atom stereocenters. The Hall–Kier alpha value is -3.21. The summed E-state index contributed by atoms with van der Waals surface area (Å²) in [5.41, 5.74) is 2.40. The number of rotatable bonds is 6. The first-order chi connectivity index (χ1) is 14.0. The fourth-order valence-corrected chi connectivity index (χ4v) is 3.81. The fraction of sp³-hybridized carbons (Fsp3) is 0.292. The third-order valence-electron chi connectivity index (χ3n) is 5.05. The van der Waals surface area contributed by atoms with Crippen molar-refractivity contribution in [1.29, 1.82) is 0 Å². The van der Waals surface area contributed by atoms with E-state index in [0.717, 1.165) is 16.3 Å². The van der Waals surface area contributed by atoms with Gasteiger partial charge in [-0.15, -0.1) is 0 Å². The molecule has 0 aliphatic carbocycles. The number of hydrogen-bond acceptors (Lipinski definition) is 5. The van der Waals surface area contributed by atoms with Gasteiger partial charge in [-0.25, -0.2) is 4.79 Å².